The summed E-state index contributed by atoms with van der Waals surface area (Å²) in [7, 11) is 0. The Morgan fingerprint density at radius 3 is 2.69 bits per heavy atom. The number of nitrogens with two attached hydrogens (primary N) is 1. The number of aromatic nitrogens is 2. The van der Waals surface area contributed by atoms with E-state index in [4.69, 9.17) is 5.73 Å². The minimum absolute atomic E-state index is 0.175. The summed E-state index contributed by atoms with van der Waals surface area (Å²) in [6, 6.07) is 0.894. The van der Waals surface area contributed by atoms with E-state index < -0.39 is 18.1 Å². The van der Waals surface area contributed by atoms with Crippen molar-refractivity contribution in [1.29, 1.82) is 0 Å². The predicted octanol–water partition coefficient (Wildman–Crippen LogP) is 2.20. The molecular weight excluding hydrogens is 243 g/mol. The zero-order valence-electron chi connectivity index (χ0n) is 7.73. The number of rotatable bonds is 2. The highest BCUT2D eigenvalue weighted by atomic mass is 32.1. The molecule has 0 radical (unpaired) electrons. The highest BCUT2D eigenvalue weighted by Crippen LogP contribution is 2.29. The van der Waals surface area contributed by atoms with Gasteiger partial charge in [-0.3, -0.25) is 0 Å². The fourth-order valence-electron chi connectivity index (χ4n) is 1.08. The number of alkyl halides is 3. The van der Waals surface area contributed by atoms with Crippen LogP contribution >= 0.6 is 11.3 Å². The summed E-state index contributed by atoms with van der Waals surface area (Å²) in [6.07, 6.45) is -4.64. The van der Waals surface area contributed by atoms with Gasteiger partial charge in [0.05, 0.1) is 6.04 Å². The number of thiophene rings is 1. The molecule has 16 heavy (non-hydrogen) atoms. The van der Waals surface area contributed by atoms with E-state index in [1.54, 1.807) is 16.8 Å². The van der Waals surface area contributed by atoms with Crippen molar-refractivity contribution in [2.75, 3.05) is 0 Å². The van der Waals surface area contributed by atoms with Crippen LogP contribution in [0.25, 0.3) is 0 Å². The normalized spacial score (nSPS) is 14.0. The average molecular weight is 249 g/mol. The number of hydrogen-bond acceptors (Lipinski definition) is 5. The van der Waals surface area contributed by atoms with E-state index in [1.165, 1.54) is 11.3 Å². The molecule has 86 valence electrons. The fourth-order valence-corrected chi connectivity index (χ4v) is 1.77. The highest BCUT2D eigenvalue weighted by Gasteiger charge is 2.39. The van der Waals surface area contributed by atoms with E-state index in [0.29, 0.717) is 5.56 Å². The molecule has 0 aliphatic carbocycles. The van der Waals surface area contributed by atoms with Crippen LogP contribution in [0.1, 0.15) is 23.3 Å². The van der Waals surface area contributed by atoms with Crippen LogP contribution in [0.15, 0.2) is 21.3 Å². The summed E-state index contributed by atoms with van der Waals surface area (Å²) in [5.41, 5.74) is 6.32. The topological polar surface area (TPSA) is 64.9 Å². The molecule has 0 aliphatic rings. The minimum Gasteiger partial charge on any atom is -0.329 e. The van der Waals surface area contributed by atoms with Gasteiger partial charge in [0, 0.05) is 0 Å². The second kappa shape index (κ2) is 3.87. The van der Waals surface area contributed by atoms with Crippen molar-refractivity contribution in [3.05, 3.63) is 34.1 Å². The first-order chi connectivity index (χ1) is 7.48. The molecule has 4 nitrogen and oxygen atoms in total. The molecule has 1 unspecified atom stereocenters. The predicted molar refractivity (Wildman–Crippen MR) is 49.6 cm³/mol. The largest absolute Gasteiger partial charge is 0.471 e. The molecule has 0 saturated heterocycles. The maximum absolute atomic E-state index is 12.2. The van der Waals surface area contributed by atoms with Gasteiger partial charge in [-0.15, -0.1) is 0 Å². The Kier molecular flexibility index (Phi) is 2.68. The monoisotopic (exact) mass is 249 g/mol. The maximum atomic E-state index is 12.2. The van der Waals surface area contributed by atoms with Crippen LogP contribution in [-0.2, 0) is 6.18 Å². The summed E-state index contributed by atoms with van der Waals surface area (Å²) < 4.78 is 40.6. The first-order valence-electron chi connectivity index (χ1n) is 4.17. The first-order valence-corrected chi connectivity index (χ1v) is 5.11. The molecule has 2 aromatic heterocycles. The first kappa shape index (κ1) is 11.1. The van der Waals surface area contributed by atoms with Gasteiger partial charge >= 0.3 is 12.1 Å². The number of nitrogens with zero attached hydrogens (tertiary/aromatic N) is 2. The molecule has 2 rings (SSSR count). The second-order valence-electron chi connectivity index (χ2n) is 2.99. The van der Waals surface area contributed by atoms with Crippen molar-refractivity contribution < 1.29 is 17.7 Å². The van der Waals surface area contributed by atoms with Gasteiger partial charge in [0.1, 0.15) is 0 Å². The standard InChI is InChI=1S/C8H6F3N3OS/c9-8(10,11)7-13-6(14-15-7)5(12)4-1-2-16-3-4/h1-3,5H,12H2. The van der Waals surface area contributed by atoms with Gasteiger partial charge in [-0.05, 0) is 22.4 Å². The average Bonchev–Trinajstić information content (AvgIpc) is 2.87. The van der Waals surface area contributed by atoms with E-state index in [9.17, 15) is 13.2 Å². The Balaban J connectivity index is 2.26. The van der Waals surface area contributed by atoms with Gasteiger partial charge in [0.2, 0.25) is 0 Å². The van der Waals surface area contributed by atoms with Gasteiger partial charge in [0.15, 0.2) is 5.82 Å². The molecular formula is C8H6F3N3OS. The molecule has 0 spiro atoms. The zero-order chi connectivity index (χ0) is 11.8. The van der Waals surface area contributed by atoms with Gasteiger partial charge in [-0.1, -0.05) is 5.16 Å². The Bertz CT molecular complexity index is 465. The van der Waals surface area contributed by atoms with Gasteiger partial charge in [-0.25, -0.2) is 0 Å². The van der Waals surface area contributed by atoms with Gasteiger partial charge in [-0.2, -0.15) is 29.5 Å². The van der Waals surface area contributed by atoms with E-state index >= 15 is 0 Å². The number of halogens is 3. The summed E-state index contributed by atoms with van der Waals surface area (Å²) in [5, 5.41) is 6.69. The molecule has 0 saturated carbocycles. The highest BCUT2D eigenvalue weighted by molar-refractivity contribution is 7.07. The van der Waals surface area contributed by atoms with Crippen molar-refractivity contribution >= 4 is 11.3 Å². The maximum Gasteiger partial charge on any atom is 0.471 e. The third kappa shape index (κ3) is 2.07. The Hall–Kier alpha value is -1.41. The van der Waals surface area contributed by atoms with Crippen LogP contribution < -0.4 is 5.73 Å². The molecule has 0 fully saturated rings. The van der Waals surface area contributed by atoms with Crippen LogP contribution in [0.2, 0.25) is 0 Å². The van der Waals surface area contributed by atoms with E-state index in [1.807, 2.05) is 0 Å². The third-order valence-electron chi connectivity index (χ3n) is 1.86. The Morgan fingerprint density at radius 2 is 2.19 bits per heavy atom. The van der Waals surface area contributed by atoms with Crippen molar-refractivity contribution in [3.63, 3.8) is 0 Å². The molecule has 0 aromatic carbocycles. The Labute approximate surface area is 91.9 Å². The summed E-state index contributed by atoms with van der Waals surface area (Å²) >= 11 is 1.39. The second-order valence-corrected chi connectivity index (χ2v) is 3.77. The minimum atomic E-state index is -4.64. The van der Waals surface area contributed by atoms with Crippen molar-refractivity contribution in [1.82, 2.24) is 10.1 Å². The summed E-state index contributed by atoms with van der Waals surface area (Å²) in [6.45, 7) is 0. The van der Waals surface area contributed by atoms with Gasteiger partial charge in [0.25, 0.3) is 0 Å². The van der Waals surface area contributed by atoms with E-state index in [-0.39, 0.29) is 5.82 Å². The van der Waals surface area contributed by atoms with Crippen LogP contribution in [0.4, 0.5) is 13.2 Å². The lowest BCUT2D eigenvalue weighted by molar-refractivity contribution is -0.159. The van der Waals surface area contributed by atoms with E-state index in [0.717, 1.165) is 0 Å². The SMILES string of the molecule is NC(c1ccsc1)c1noc(C(F)(F)F)n1. The van der Waals surface area contributed by atoms with Gasteiger partial charge < -0.3 is 10.3 Å². The molecule has 2 aromatic rings. The van der Waals surface area contributed by atoms with Crippen molar-refractivity contribution in [2.24, 2.45) is 5.73 Å². The quantitative estimate of drug-likeness (QED) is 0.886. The molecule has 0 bridgehead atoms. The summed E-state index contributed by atoms with van der Waals surface area (Å²) in [5.74, 6) is -1.56. The molecule has 8 heteroatoms. The fraction of sp³-hybridized carbons (Fsp3) is 0.250. The van der Waals surface area contributed by atoms with Crippen molar-refractivity contribution in [2.45, 2.75) is 12.2 Å². The summed E-state index contributed by atoms with van der Waals surface area (Å²) in [4.78, 5) is 3.21. The molecule has 1 atom stereocenters. The van der Waals surface area contributed by atoms with Crippen LogP contribution in [0.3, 0.4) is 0 Å². The lowest BCUT2D eigenvalue weighted by Gasteiger charge is -2.02. The van der Waals surface area contributed by atoms with Crippen molar-refractivity contribution in [3.8, 4) is 0 Å². The smallest absolute Gasteiger partial charge is 0.329 e. The lowest BCUT2D eigenvalue weighted by Crippen LogP contribution is -2.13. The van der Waals surface area contributed by atoms with Crippen LogP contribution in [0.5, 0.6) is 0 Å². The third-order valence-corrected chi connectivity index (χ3v) is 2.57. The van der Waals surface area contributed by atoms with Crippen LogP contribution in [-0.4, -0.2) is 10.1 Å². The Morgan fingerprint density at radius 1 is 1.44 bits per heavy atom. The lowest BCUT2D eigenvalue weighted by atomic mass is 10.1. The molecule has 2 heterocycles. The van der Waals surface area contributed by atoms with E-state index in [2.05, 4.69) is 14.7 Å². The van der Waals surface area contributed by atoms with Crippen LogP contribution in [0, 0.1) is 0 Å². The molecule has 0 aliphatic heterocycles. The zero-order valence-corrected chi connectivity index (χ0v) is 8.55. The number of hydrogen-bond donors (Lipinski definition) is 1. The molecule has 0 amide bonds. The molecule has 2 N–H and O–H groups in total.